The largest absolute Gasteiger partial charge is 0.379 e. The molecular weight excluding hydrogens is 274 g/mol. The monoisotopic (exact) mass is 295 g/mol. The van der Waals surface area contributed by atoms with Gasteiger partial charge in [0.1, 0.15) is 5.02 Å². The summed E-state index contributed by atoms with van der Waals surface area (Å²) in [7, 11) is 0. The molecule has 0 amide bonds. The van der Waals surface area contributed by atoms with Crippen molar-refractivity contribution in [3.05, 3.63) is 34.2 Å². The highest BCUT2D eigenvalue weighted by Crippen LogP contribution is 2.36. The first-order valence-electron chi connectivity index (χ1n) is 7.21. The molecule has 110 valence electrons. The molecule has 0 radical (unpaired) electrons. The molecular formula is C15H22ClN3O. The molecule has 0 aromatic carbocycles. The molecule has 1 fully saturated rings. The number of allylic oxidation sites excluding steroid dienone is 1. The second kappa shape index (κ2) is 6.44. The molecule has 1 aromatic heterocycles. The maximum Gasteiger partial charge on any atom is 0.287 e. The number of rotatable bonds is 5. The van der Waals surface area contributed by atoms with E-state index in [1.54, 1.807) is 12.3 Å². The molecule has 1 heterocycles. The molecule has 1 aliphatic carbocycles. The molecule has 1 aliphatic rings. The number of nitrogens with zero attached hydrogens (tertiary/aromatic N) is 2. The van der Waals surface area contributed by atoms with E-state index in [4.69, 9.17) is 11.6 Å². The zero-order valence-corrected chi connectivity index (χ0v) is 12.9. The van der Waals surface area contributed by atoms with Crippen molar-refractivity contribution >= 4 is 17.3 Å². The Hall–Kier alpha value is -1.29. The van der Waals surface area contributed by atoms with Crippen LogP contribution in [0.15, 0.2) is 23.6 Å². The maximum absolute atomic E-state index is 12.0. The second-order valence-corrected chi connectivity index (χ2v) is 5.88. The Morgan fingerprint density at radius 3 is 2.95 bits per heavy atom. The fourth-order valence-corrected chi connectivity index (χ4v) is 3.25. The number of nitrogens with one attached hydrogen (secondary N) is 1. The minimum Gasteiger partial charge on any atom is -0.379 e. The van der Waals surface area contributed by atoms with Crippen molar-refractivity contribution in [1.29, 1.82) is 0 Å². The van der Waals surface area contributed by atoms with Gasteiger partial charge in [-0.3, -0.25) is 4.79 Å². The third-order valence-corrected chi connectivity index (χ3v) is 4.74. The van der Waals surface area contributed by atoms with Crippen LogP contribution in [0.25, 0.3) is 0 Å². The van der Waals surface area contributed by atoms with Crippen LogP contribution >= 0.6 is 11.6 Å². The van der Waals surface area contributed by atoms with Gasteiger partial charge in [-0.15, -0.1) is 6.58 Å². The summed E-state index contributed by atoms with van der Waals surface area (Å²) in [6.45, 7) is 8.47. The standard InChI is InChI=1S/C15H22ClN3O/c1-4-8-19-15(20)14(16)13(9-17-19)18-12-7-6-11(5-2)10(12)3/h4,9-12,18H,1,5-8H2,2-3H3. The number of hydrogen-bond donors (Lipinski definition) is 1. The Balaban J connectivity index is 2.17. The molecule has 0 saturated heterocycles. The van der Waals surface area contributed by atoms with E-state index in [-0.39, 0.29) is 10.6 Å². The average Bonchev–Trinajstić information content (AvgIpc) is 2.79. The Morgan fingerprint density at radius 1 is 1.60 bits per heavy atom. The quantitative estimate of drug-likeness (QED) is 0.848. The van der Waals surface area contributed by atoms with E-state index in [1.165, 1.54) is 17.5 Å². The smallest absolute Gasteiger partial charge is 0.287 e. The molecule has 0 bridgehead atoms. The highest BCUT2D eigenvalue weighted by atomic mass is 35.5. The van der Waals surface area contributed by atoms with E-state index < -0.39 is 0 Å². The van der Waals surface area contributed by atoms with Gasteiger partial charge in [0, 0.05) is 6.04 Å². The van der Waals surface area contributed by atoms with Crippen LogP contribution in [-0.2, 0) is 6.54 Å². The van der Waals surface area contributed by atoms with E-state index in [9.17, 15) is 4.79 Å². The van der Waals surface area contributed by atoms with Crippen LogP contribution in [0.3, 0.4) is 0 Å². The normalized spacial score (nSPS) is 25.6. The number of hydrogen-bond acceptors (Lipinski definition) is 3. The van der Waals surface area contributed by atoms with E-state index in [0.29, 0.717) is 24.2 Å². The highest BCUT2D eigenvalue weighted by molar-refractivity contribution is 6.32. The fourth-order valence-electron chi connectivity index (χ4n) is 3.05. The third-order valence-electron chi connectivity index (χ3n) is 4.38. The van der Waals surface area contributed by atoms with Crippen molar-refractivity contribution in [1.82, 2.24) is 9.78 Å². The van der Waals surface area contributed by atoms with Gasteiger partial charge in [0.05, 0.1) is 18.4 Å². The van der Waals surface area contributed by atoms with Crippen LogP contribution in [0.4, 0.5) is 5.69 Å². The van der Waals surface area contributed by atoms with E-state index >= 15 is 0 Å². The summed E-state index contributed by atoms with van der Waals surface area (Å²) >= 11 is 6.16. The molecule has 20 heavy (non-hydrogen) atoms. The summed E-state index contributed by atoms with van der Waals surface area (Å²) in [6.07, 6.45) is 6.81. The summed E-state index contributed by atoms with van der Waals surface area (Å²) in [5.74, 6) is 1.34. The molecule has 1 N–H and O–H groups in total. The van der Waals surface area contributed by atoms with Crippen LogP contribution in [0.1, 0.15) is 33.1 Å². The molecule has 2 rings (SSSR count). The van der Waals surface area contributed by atoms with Crippen LogP contribution in [0, 0.1) is 11.8 Å². The Labute approximate surface area is 124 Å². The molecule has 1 aromatic rings. The molecule has 5 heteroatoms. The van der Waals surface area contributed by atoms with Crippen LogP contribution < -0.4 is 10.9 Å². The first kappa shape index (κ1) is 15.1. The van der Waals surface area contributed by atoms with Crippen molar-refractivity contribution < 1.29 is 0 Å². The topological polar surface area (TPSA) is 46.9 Å². The van der Waals surface area contributed by atoms with Gasteiger partial charge in [-0.1, -0.05) is 37.9 Å². The lowest BCUT2D eigenvalue weighted by Gasteiger charge is -2.22. The molecule has 4 nitrogen and oxygen atoms in total. The maximum atomic E-state index is 12.0. The van der Waals surface area contributed by atoms with E-state index in [0.717, 1.165) is 12.3 Å². The lowest BCUT2D eigenvalue weighted by Crippen LogP contribution is -2.28. The zero-order chi connectivity index (χ0) is 14.7. The predicted molar refractivity (Wildman–Crippen MR) is 83.3 cm³/mol. The SMILES string of the molecule is C=CCn1ncc(NC2CCC(CC)C2C)c(Cl)c1=O. The number of halogens is 1. The van der Waals surface area contributed by atoms with Crippen molar-refractivity contribution in [3.63, 3.8) is 0 Å². The third kappa shape index (κ3) is 2.90. The summed E-state index contributed by atoms with van der Waals surface area (Å²) in [6, 6.07) is 0.369. The van der Waals surface area contributed by atoms with Gasteiger partial charge in [0.25, 0.3) is 5.56 Å². The van der Waals surface area contributed by atoms with Gasteiger partial charge in [-0.05, 0) is 24.7 Å². The number of aromatic nitrogens is 2. The van der Waals surface area contributed by atoms with E-state index in [2.05, 4.69) is 30.8 Å². The molecule has 3 atom stereocenters. The van der Waals surface area contributed by atoms with E-state index in [1.807, 2.05) is 0 Å². The lowest BCUT2D eigenvalue weighted by atomic mass is 9.93. The summed E-state index contributed by atoms with van der Waals surface area (Å²) in [4.78, 5) is 12.0. The van der Waals surface area contributed by atoms with Gasteiger partial charge in [0.2, 0.25) is 0 Å². The van der Waals surface area contributed by atoms with Crippen molar-refractivity contribution in [3.8, 4) is 0 Å². The molecule has 3 unspecified atom stereocenters. The lowest BCUT2D eigenvalue weighted by molar-refractivity contribution is 0.392. The summed E-state index contributed by atoms with van der Waals surface area (Å²) in [5.41, 5.74) is 0.375. The van der Waals surface area contributed by atoms with Crippen LogP contribution in [0.2, 0.25) is 5.02 Å². The Morgan fingerprint density at radius 2 is 2.35 bits per heavy atom. The van der Waals surface area contributed by atoms with Gasteiger partial charge >= 0.3 is 0 Å². The second-order valence-electron chi connectivity index (χ2n) is 5.50. The van der Waals surface area contributed by atoms with Crippen molar-refractivity contribution in [2.24, 2.45) is 11.8 Å². The number of anilines is 1. The first-order valence-corrected chi connectivity index (χ1v) is 7.59. The minimum atomic E-state index is -0.269. The zero-order valence-electron chi connectivity index (χ0n) is 12.1. The van der Waals surface area contributed by atoms with Crippen LogP contribution in [-0.4, -0.2) is 15.8 Å². The van der Waals surface area contributed by atoms with Gasteiger partial charge < -0.3 is 5.32 Å². The first-order chi connectivity index (χ1) is 9.58. The summed E-state index contributed by atoms with van der Waals surface area (Å²) in [5, 5.41) is 7.74. The Bertz CT molecular complexity index is 540. The van der Waals surface area contributed by atoms with Gasteiger partial charge in [0.15, 0.2) is 0 Å². The average molecular weight is 296 g/mol. The fraction of sp³-hybridized carbons (Fsp3) is 0.600. The minimum absolute atomic E-state index is 0.217. The van der Waals surface area contributed by atoms with Gasteiger partial charge in [-0.2, -0.15) is 5.10 Å². The highest BCUT2D eigenvalue weighted by Gasteiger charge is 2.31. The van der Waals surface area contributed by atoms with Crippen LogP contribution in [0.5, 0.6) is 0 Å². The van der Waals surface area contributed by atoms with Gasteiger partial charge in [-0.25, -0.2) is 4.68 Å². The van der Waals surface area contributed by atoms with Crippen molar-refractivity contribution in [2.45, 2.75) is 45.7 Å². The molecule has 0 aliphatic heterocycles. The predicted octanol–water partition coefficient (Wildman–Crippen LogP) is 3.32. The summed E-state index contributed by atoms with van der Waals surface area (Å²) < 4.78 is 1.31. The molecule has 0 spiro atoms. The Kier molecular flexibility index (Phi) is 4.86. The van der Waals surface area contributed by atoms with Crippen molar-refractivity contribution in [2.75, 3.05) is 5.32 Å². The molecule has 1 saturated carbocycles.